The summed E-state index contributed by atoms with van der Waals surface area (Å²) in [5.74, 6) is -1.71. The van der Waals surface area contributed by atoms with Gasteiger partial charge < -0.3 is 19.8 Å². The van der Waals surface area contributed by atoms with Gasteiger partial charge in [0.2, 0.25) is 17.7 Å². The Balaban J connectivity index is 1.41. The van der Waals surface area contributed by atoms with Gasteiger partial charge in [0.15, 0.2) is 0 Å². The van der Waals surface area contributed by atoms with Crippen LogP contribution in [0.1, 0.15) is 31.7 Å². The molecule has 3 aromatic rings. The van der Waals surface area contributed by atoms with Crippen LogP contribution >= 0.6 is 11.8 Å². The highest BCUT2D eigenvalue weighted by Crippen LogP contribution is 2.67. The number of aliphatic hydroxyl groups excluding tert-OH is 1. The minimum Gasteiger partial charge on any atom is -0.394 e. The molecular weight excluding hydrogens is 600 g/mol. The number of hydrogen-bond acceptors (Lipinski definition) is 7. The summed E-state index contributed by atoms with van der Waals surface area (Å²) in [5, 5.41) is 19.3. The Labute approximate surface area is 274 Å². The maximum Gasteiger partial charge on any atom is 0.248 e. The Morgan fingerprint density at radius 1 is 1.09 bits per heavy atom. The molecule has 2 unspecified atom stereocenters. The second-order valence-corrected chi connectivity index (χ2v) is 14.1. The third-order valence-corrected chi connectivity index (χ3v) is 11.7. The van der Waals surface area contributed by atoms with Crippen LogP contribution in [0.5, 0.6) is 0 Å². The molecule has 10 nitrogen and oxygen atoms in total. The lowest BCUT2D eigenvalue weighted by Gasteiger charge is -2.39. The van der Waals surface area contributed by atoms with Crippen LogP contribution in [0, 0.1) is 11.8 Å². The second kappa shape index (κ2) is 13.4. The van der Waals surface area contributed by atoms with Crippen molar-refractivity contribution in [3.05, 3.63) is 85.5 Å². The maximum absolute atomic E-state index is 15.0. The highest BCUT2D eigenvalue weighted by Gasteiger charge is 2.74. The van der Waals surface area contributed by atoms with E-state index in [2.05, 4.69) is 23.5 Å². The lowest BCUT2D eigenvalue weighted by atomic mass is 9.70. The zero-order valence-corrected chi connectivity index (χ0v) is 27.1. The molecule has 1 N–H and O–H groups in total. The molecule has 0 radical (unpaired) electrons. The number of carbonyl (C=O) groups excluding carboxylic acids is 3. The largest absolute Gasteiger partial charge is 0.394 e. The molecule has 242 valence electrons. The summed E-state index contributed by atoms with van der Waals surface area (Å²) in [6.07, 6.45) is 5.95. The Morgan fingerprint density at radius 2 is 1.80 bits per heavy atom. The highest BCUT2D eigenvalue weighted by molar-refractivity contribution is 8.02. The molecule has 3 saturated heterocycles. The topological polar surface area (TPSA) is 112 Å². The lowest BCUT2D eigenvalue weighted by Crippen LogP contribution is -2.58. The third kappa shape index (κ3) is 5.43. The summed E-state index contributed by atoms with van der Waals surface area (Å²) in [5.41, 5.74) is 2.46. The number of aromatic nitrogens is 3. The predicted octanol–water partition coefficient (Wildman–Crippen LogP) is 3.52. The fourth-order valence-corrected chi connectivity index (χ4v) is 10.0. The van der Waals surface area contributed by atoms with E-state index in [9.17, 15) is 19.5 Å². The number of amides is 3. The van der Waals surface area contributed by atoms with E-state index in [1.165, 1.54) is 0 Å². The fourth-order valence-electron chi connectivity index (χ4n) is 7.84. The first kappa shape index (κ1) is 32.0. The van der Waals surface area contributed by atoms with E-state index in [4.69, 9.17) is 0 Å². The molecule has 6 rings (SSSR count). The molecule has 6 atom stereocenters. The standard InChI is InChI=1S/C35H42N6O4S/c1-4-18-38(19-5-2)32(43)29-28-16-17-35(46-28)30(29)33(44)41(25(22-42)21-24-12-8-7-9-13-24)31(35)34(45)39(20-6-3)23-40-27-15-11-10-14-26(27)36-37-40/h4,6-15,25,28-31,42H,1,3,5,16-23H2,2H3/t25-,28+,29-,30+,31?,35?/m1/s1. The van der Waals surface area contributed by atoms with E-state index in [1.54, 1.807) is 43.3 Å². The molecule has 3 amide bonds. The van der Waals surface area contributed by atoms with Crippen molar-refractivity contribution >= 4 is 40.5 Å². The van der Waals surface area contributed by atoms with E-state index in [-0.39, 0.29) is 42.8 Å². The van der Waals surface area contributed by atoms with Crippen molar-refractivity contribution in [2.24, 2.45) is 11.8 Å². The van der Waals surface area contributed by atoms with Gasteiger partial charge in [-0.3, -0.25) is 14.4 Å². The average Bonchev–Trinajstić information content (AvgIpc) is 3.83. The van der Waals surface area contributed by atoms with Crippen molar-refractivity contribution < 1.29 is 19.5 Å². The number of rotatable bonds is 14. The number of nitrogens with zero attached hydrogens (tertiary/aromatic N) is 6. The summed E-state index contributed by atoms with van der Waals surface area (Å²) < 4.78 is 0.892. The molecule has 1 spiro atoms. The molecule has 11 heteroatoms. The molecule has 4 heterocycles. The number of carbonyl (C=O) groups is 3. The summed E-state index contributed by atoms with van der Waals surface area (Å²) >= 11 is 1.64. The first-order valence-corrected chi connectivity index (χ1v) is 17.0. The van der Waals surface area contributed by atoms with Gasteiger partial charge in [-0.05, 0) is 43.4 Å². The second-order valence-electron chi connectivity index (χ2n) is 12.5. The van der Waals surface area contributed by atoms with Crippen LogP contribution in [0.4, 0.5) is 0 Å². The minimum absolute atomic E-state index is 0.0483. The van der Waals surface area contributed by atoms with Crippen molar-refractivity contribution in [1.29, 1.82) is 0 Å². The average molecular weight is 643 g/mol. The Hall–Kier alpha value is -3.96. The van der Waals surface area contributed by atoms with Gasteiger partial charge in [0.1, 0.15) is 18.2 Å². The number of likely N-dealkylation sites (tertiary alicyclic amines) is 1. The van der Waals surface area contributed by atoms with Crippen LogP contribution in [0.15, 0.2) is 79.9 Å². The molecule has 3 fully saturated rings. The van der Waals surface area contributed by atoms with Gasteiger partial charge in [0, 0.05) is 24.9 Å². The summed E-state index contributed by atoms with van der Waals surface area (Å²) in [6.45, 7) is 10.8. The zero-order chi connectivity index (χ0) is 32.4. The van der Waals surface area contributed by atoms with Crippen molar-refractivity contribution in [3.8, 4) is 0 Å². The first-order chi connectivity index (χ1) is 22.4. The summed E-state index contributed by atoms with van der Waals surface area (Å²) in [6, 6.07) is 15.7. The molecule has 2 bridgehead atoms. The van der Waals surface area contributed by atoms with Crippen LogP contribution in [-0.4, -0.2) is 101 Å². The molecular formula is C35H42N6O4S. The molecule has 46 heavy (non-hydrogen) atoms. The van der Waals surface area contributed by atoms with Gasteiger partial charge in [0.25, 0.3) is 0 Å². The highest BCUT2D eigenvalue weighted by atomic mass is 32.2. The number of thioether (sulfide) groups is 1. The fraction of sp³-hybridized carbons (Fsp3) is 0.457. The van der Waals surface area contributed by atoms with Gasteiger partial charge >= 0.3 is 0 Å². The van der Waals surface area contributed by atoms with Gasteiger partial charge in [-0.25, -0.2) is 4.68 Å². The quantitative estimate of drug-likeness (QED) is 0.268. The Kier molecular flexibility index (Phi) is 9.33. The molecule has 1 aromatic heterocycles. The van der Waals surface area contributed by atoms with Crippen LogP contribution in [0.25, 0.3) is 11.0 Å². The number of fused-ring (bicyclic) bond motifs is 2. The number of benzene rings is 2. The maximum atomic E-state index is 15.0. The van der Waals surface area contributed by atoms with Crippen molar-refractivity contribution in [3.63, 3.8) is 0 Å². The molecule has 3 aliphatic rings. The Morgan fingerprint density at radius 3 is 2.52 bits per heavy atom. The van der Waals surface area contributed by atoms with E-state index in [0.717, 1.165) is 29.4 Å². The van der Waals surface area contributed by atoms with E-state index in [1.807, 2.05) is 61.5 Å². The van der Waals surface area contributed by atoms with Crippen molar-refractivity contribution in [2.75, 3.05) is 26.2 Å². The number of hydrogen-bond donors (Lipinski definition) is 1. The minimum atomic E-state index is -0.868. The molecule has 3 aliphatic heterocycles. The normalized spacial score (nSPS) is 25.4. The molecule has 0 saturated carbocycles. The van der Waals surface area contributed by atoms with E-state index >= 15 is 0 Å². The van der Waals surface area contributed by atoms with Crippen LogP contribution < -0.4 is 0 Å². The Bertz CT molecular complexity index is 1610. The van der Waals surface area contributed by atoms with Crippen LogP contribution in [0.2, 0.25) is 0 Å². The monoisotopic (exact) mass is 642 g/mol. The molecule has 0 aliphatic carbocycles. The van der Waals surface area contributed by atoms with Crippen molar-refractivity contribution in [2.45, 2.75) is 61.4 Å². The smallest absolute Gasteiger partial charge is 0.248 e. The summed E-state index contributed by atoms with van der Waals surface area (Å²) in [4.78, 5) is 49.1. The zero-order valence-electron chi connectivity index (χ0n) is 26.3. The first-order valence-electron chi connectivity index (χ1n) is 16.1. The van der Waals surface area contributed by atoms with Gasteiger partial charge in [-0.1, -0.05) is 66.8 Å². The van der Waals surface area contributed by atoms with Gasteiger partial charge in [-0.2, -0.15) is 0 Å². The van der Waals surface area contributed by atoms with Gasteiger partial charge in [-0.15, -0.1) is 30.0 Å². The predicted molar refractivity (Wildman–Crippen MR) is 178 cm³/mol. The lowest BCUT2D eigenvalue weighted by molar-refractivity contribution is -0.147. The number of para-hydroxylation sites is 1. The van der Waals surface area contributed by atoms with Crippen LogP contribution in [-0.2, 0) is 27.5 Å². The SMILES string of the molecule is C=CCN(Cn1nnc2ccccc21)C(=O)C1N([C@@H](CO)Cc2ccccc2)C(=O)[C@@H]2[C@H](C(=O)N(CC=C)CCC)[C@@H]3CCC12S3. The third-order valence-electron chi connectivity index (χ3n) is 9.72. The summed E-state index contributed by atoms with van der Waals surface area (Å²) in [7, 11) is 0. The van der Waals surface area contributed by atoms with E-state index < -0.39 is 28.7 Å². The van der Waals surface area contributed by atoms with Gasteiger partial charge in [0.05, 0.1) is 34.7 Å². The van der Waals surface area contributed by atoms with E-state index in [0.29, 0.717) is 25.9 Å². The van der Waals surface area contributed by atoms with Crippen LogP contribution in [0.3, 0.4) is 0 Å². The van der Waals surface area contributed by atoms with Crippen molar-refractivity contribution in [1.82, 2.24) is 29.7 Å². The number of aliphatic hydroxyl groups is 1. The molecule has 2 aromatic carbocycles.